The molecule has 0 radical (unpaired) electrons. The lowest BCUT2D eigenvalue weighted by atomic mass is 10.1. The van der Waals surface area contributed by atoms with Crippen LogP contribution < -0.4 is 19.5 Å². The minimum Gasteiger partial charge on any atom is -0.486 e. The lowest BCUT2D eigenvalue weighted by Crippen LogP contribution is -2.46. The Morgan fingerprint density at radius 2 is 1.83 bits per heavy atom. The fourth-order valence-electron chi connectivity index (χ4n) is 2.49. The third kappa shape index (κ3) is 7.21. The predicted molar refractivity (Wildman–Crippen MR) is 105 cm³/mol. The van der Waals surface area contributed by atoms with Crippen molar-refractivity contribution >= 4 is 21.9 Å². The number of nitrogens with one attached hydrogen (secondary N) is 2. The molecule has 9 nitrogen and oxygen atoms in total. The van der Waals surface area contributed by atoms with Crippen LogP contribution in [0.5, 0.6) is 11.5 Å². The average Bonchev–Trinajstić information content (AvgIpc) is 2.63. The van der Waals surface area contributed by atoms with Gasteiger partial charge in [0, 0.05) is 24.6 Å². The van der Waals surface area contributed by atoms with E-state index in [0.717, 1.165) is 0 Å². The van der Waals surface area contributed by atoms with Crippen LogP contribution in [0.3, 0.4) is 0 Å². The maximum Gasteiger partial charge on any atom is 0.306 e. The molecule has 0 saturated heterocycles. The number of carbonyl (C=O) groups is 2. The maximum absolute atomic E-state index is 12.4. The van der Waals surface area contributed by atoms with Crippen LogP contribution in [-0.2, 0) is 24.3 Å². The number of carbonyl (C=O) groups excluding carboxylic acids is 2. The Hall–Kier alpha value is -2.33. The molecule has 0 spiro atoms. The fraction of sp³-hybridized carbons (Fsp3) is 0.579. The van der Waals surface area contributed by atoms with Crippen molar-refractivity contribution in [1.29, 1.82) is 0 Å². The zero-order valence-corrected chi connectivity index (χ0v) is 17.9. The molecule has 29 heavy (non-hydrogen) atoms. The minimum atomic E-state index is -3.75. The van der Waals surface area contributed by atoms with Crippen LogP contribution >= 0.6 is 0 Å². The zero-order chi connectivity index (χ0) is 21.7. The molecule has 0 aliphatic carbocycles. The summed E-state index contributed by atoms with van der Waals surface area (Å²) in [7, 11) is -3.75. The molecule has 1 atom stereocenters. The lowest BCUT2D eigenvalue weighted by molar-refractivity contribution is -0.155. The highest BCUT2D eigenvalue weighted by atomic mass is 32.2. The Morgan fingerprint density at radius 3 is 2.48 bits per heavy atom. The van der Waals surface area contributed by atoms with E-state index >= 15 is 0 Å². The quantitative estimate of drug-likeness (QED) is 0.474. The van der Waals surface area contributed by atoms with E-state index in [2.05, 4.69) is 10.0 Å². The van der Waals surface area contributed by atoms with E-state index in [1.165, 1.54) is 19.1 Å². The van der Waals surface area contributed by atoms with Gasteiger partial charge in [-0.15, -0.1) is 0 Å². The third-order valence-corrected chi connectivity index (χ3v) is 5.31. The molecule has 0 aromatic heterocycles. The first-order valence-electron chi connectivity index (χ1n) is 9.39. The van der Waals surface area contributed by atoms with Gasteiger partial charge in [-0.1, -0.05) is 0 Å². The van der Waals surface area contributed by atoms with Crippen LogP contribution in [0.25, 0.3) is 0 Å². The molecule has 2 N–H and O–H groups in total. The lowest BCUT2D eigenvalue weighted by Gasteiger charge is -2.23. The molecule has 0 bridgehead atoms. The van der Waals surface area contributed by atoms with Gasteiger partial charge in [0.25, 0.3) is 5.91 Å². The van der Waals surface area contributed by atoms with Crippen molar-refractivity contribution in [3.8, 4) is 11.5 Å². The van der Waals surface area contributed by atoms with E-state index in [1.54, 1.807) is 6.07 Å². The number of amides is 1. The van der Waals surface area contributed by atoms with Gasteiger partial charge in [-0.3, -0.25) is 9.59 Å². The number of esters is 1. The van der Waals surface area contributed by atoms with Crippen LogP contribution in [-0.4, -0.2) is 51.7 Å². The van der Waals surface area contributed by atoms with Gasteiger partial charge in [0.2, 0.25) is 10.0 Å². The van der Waals surface area contributed by atoms with E-state index < -0.39 is 27.6 Å². The van der Waals surface area contributed by atoms with Gasteiger partial charge in [0.05, 0.1) is 4.90 Å². The van der Waals surface area contributed by atoms with Crippen molar-refractivity contribution in [3.63, 3.8) is 0 Å². The summed E-state index contributed by atoms with van der Waals surface area (Å²) in [5.41, 5.74) is -0.427. The largest absolute Gasteiger partial charge is 0.486 e. The van der Waals surface area contributed by atoms with Gasteiger partial charge in [-0.05, 0) is 46.2 Å². The summed E-state index contributed by atoms with van der Waals surface area (Å²) in [6.07, 6.45) is -0.705. The number of rotatable bonds is 8. The normalized spacial score (nSPS) is 14.8. The first-order valence-corrected chi connectivity index (χ1v) is 10.9. The third-order valence-electron chi connectivity index (χ3n) is 3.85. The summed E-state index contributed by atoms with van der Waals surface area (Å²) >= 11 is 0. The molecule has 1 aliphatic rings. The second kappa shape index (κ2) is 9.45. The molecular weight excluding hydrogens is 400 g/mol. The van der Waals surface area contributed by atoms with Gasteiger partial charge in [0.1, 0.15) is 13.2 Å². The summed E-state index contributed by atoms with van der Waals surface area (Å²) in [5.74, 6) is -0.0713. The number of sulfonamides is 1. The van der Waals surface area contributed by atoms with Crippen LogP contribution in [0.1, 0.15) is 40.5 Å². The van der Waals surface area contributed by atoms with Crippen molar-refractivity contribution < 1.29 is 32.2 Å². The Labute approximate surface area is 171 Å². The number of hydrogen-bond donors (Lipinski definition) is 2. The van der Waals surface area contributed by atoms with Crippen molar-refractivity contribution in [2.24, 2.45) is 0 Å². The van der Waals surface area contributed by atoms with Gasteiger partial charge >= 0.3 is 5.97 Å². The fourth-order valence-corrected chi connectivity index (χ4v) is 3.58. The van der Waals surface area contributed by atoms with Crippen molar-refractivity contribution in [1.82, 2.24) is 10.0 Å². The molecule has 0 unspecified atom stereocenters. The molecule has 1 amide bonds. The van der Waals surface area contributed by atoms with E-state index in [-0.39, 0.29) is 30.2 Å². The van der Waals surface area contributed by atoms with Gasteiger partial charge in [-0.25, -0.2) is 13.1 Å². The second-order valence-corrected chi connectivity index (χ2v) is 9.45. The molecule has 0 fully saturated rings. The molecule has 162 valence electrons. The van der Waals surface area contributed by atoms with Crippen molar-refractivity contribution in [2.45, 2.75) is 57.1 Å². The molecule has 1 aromatic rings. The van der Waals surface area contributed by atoms with E-state index in [1.807, 2.05) is 20.8 Å². The number of fused-ring (bicyclic) bond motifs is 1. The summed E-state index contributed by atoms with van der Waals surface area (Å²) in [4.78, 5) is 23.8. The van der Waals surface area contributed by atoms with E-state index in [9.17, 15) is 18.0 Å². The molecule has 0 saturated carbocycles. The molecule has 2 rings (SSSR count). The highest BCUT2D eigenvalue weighted by Crippen LogP contribution is 2.32. The van der Waals surface area contributed by atoms with Crippen molar-refractivity contribution in [3.05, 3.63) is 18.2 Å². The van der Waals surface area contributed by atoms with Gasteiger partial charge in [0.15, 0.2) is 17.6 Å². The zero-order valence-electron chi connectivity index (χ0n) is 17.1. The number of benzene rings is 1. The second-order valence-electron chi connectivity index (χ2n) is 7.68. The molecular formula is C19H28N2O7S. The number of ether oxygens (including phenoxy) is 3. The highest BCUT2D eigenvalue weighted by Gasteiger charge is 2.23. The Kier molecular flexibility index (Phi) is 7.48. The Morgan fingerprint density at radius 1 is 1.17 bits per heavy atom. The van der Waals surface area contributed by atoms with Crippen LogP contribution in [0.15, 0.2) is 23.1 Å². The first-order chi connectivity index (χ1) is 13.5. The SMILES string of the molecule is C[C@H](OC(=O)CCCNS(=O)(=O)c1ccc2c(c1)OCCO2)C(=O)NC(C)(C)C. The monoisotopic (exact) mass is 428 g/mol. The topological polar surface area (TPSA) is 120 Å². The Balaban J connectivity index is 1.77. The molecule has 10 heteroatoms. The summed E-state index contributed by atoms with van der Waals surface area (Å²) < 4.78 is 43.0. The average molecular weight is 429 g/mol. The predicted octanol–water partition coefficient (Wildman–Crippen LogP) is 1.36. The summed E-state index contributed by atoms with van der Waals surface area (Å²) in [5, 5.41) is 2.72. The highest BCUT2D eigenvalue weighted by molar-refractivity contribution is 7.89. The Bertz CT molecular complexity index is 847. The summed E-state index contributed by atoms with van der Waals surface area (Å²) in [6.45, 7) is 7.80. The summed E-state index contributed by atoms with van der Waals surface area (Å²) in [6, 6.07) is 4.38. The van der Waals surface area contributed by atoms with Crippen LogP contribution in [0.4, 0.5) is 0 Å². The van der Waals surface area contributed by atoms with Crippen LogP contribution in [0, 0.1) is 0 Å². The smallest absolute Gasteiger partial charge is 0.306 e. The minimum absolute atomic E-state index is 0.0171. The van der Waals surface area contributed by atoms with E-state index in [4.69, 9.17) is 14.2 Å². The molecule has 1 aliphatic heterocycles. The number of hydrogen-bond acceptors (Lipinski definition) is 7. The van der Waals surface area contributed by atoms with Gasteiger partial charge in [-0.2, -0.15) is 0 Å². The van der Waals surface area contributed by atoms with Gasteiger partial charge < -0.3 is 19.5 Å². The standard InChI is InChI=1S/C19H28N2O7S/c1-13(18(23)21-19(2,3)4)28-17(22)6-5-9-20-29(24,25)14-7-8-15-16(12-14)27-11-10-26-15/h7-8,12-13,20H,5-6,9-11H2,1-4H3,(H,21,23)/t13-/m0/s1. The van der Waals surface area contributed by atoms with E-state index in [0.29, 0.717) is 24.7 Å². The van der Waals surface area contributed by atoms with Crippen LogP contribution in [0.2, 0.25) is 0 Å². The molecule has 1 aromatic carbocycles. The maximum atomic E-state index is 12.4. The first kappa shape index (κ1) is 23.0. The molecule has 1 heterocycles. The van der Waals surface area contributed by atoms with Crippen molar-refractivity contribution in [2.75, 3.05) is 19.8 Å².